The lowest BCUT2D eigenvalue weighted by Gasteiger charge is -2.38. The van der Waals surface area contributed by atoms with Crippen molar-refractivity contribution in [2.24, 2.45) is 22.7 Å². The van der Waals surface area contributed by atoms with E-state index in [1.54, 1.807) is 25.7 Å². The zero-order valence-corrected chi connectivity index (χ0v) is 26.7. The molecule has 0 radical (unpaired) electrons. The van der Waals surface area contributed by atoms with Gasteiger partial charge in [-0.15, -0.1) is 0 Å². The van der Waals surface area contributed by atoms with Crippen LogP contribution in [0.1, 0.15) is 87.5 Å². The summed E-state index contributed by atoms with van der Waals surface area (Å²) in [7, 11) is 1.18. The zero-order chi connectivity index (χ0) is 32.0. The topological polar surface area (TPSA) is 163 Å². The predicted molar refractivity (Wildman–Crippen MR) is 157 cm³/mol. The maximum Gasteiger partial charge on any atom is 0.407 e. The van der Waals surface area contributed by atoms with Gasteiger partial charge in [0.15, 0.2) is 0 Å². The highest BCUT2D eigenvalue weighted by Crippen LogP contribution is 2.43. The van der Waals surface area contributed by atoms with E-state index in [9.17, 15) is 28.8 Å². The molecule has 2 rings (SSSR count). The van der Waals surface area contributed by atoms with Gasteiger partial charge in [0.1, 0.15) is 30.5 Å². The Morgan fingerprint density at radius 3 is 2.02 bits per heavy atom. The lowest BCUT2D eigenvalue weighted by atomic mass is 9.82. The molecule has 0 aromatic carbocycles. The average molecular weight is 594 g/mol. The molecule has 0 spiro atoms. The Morgan fingerprint density at radius 1 is 0.905 bits per heavy atom. The molecular weight excluding hydrogens is 542 g/mol. The van der Waals surface area contributed by atoms with Gasteiger partial charge in [-0.25, -0.2) is 4.79 Å². The number of nitrogens with one attached hydrogen (secondary N) is 4. The van der Waals surface area contributed by atoms with Crippen LogP contribution in [0.15, 0.2) is 0 Å². The van der Waals surface area contributed by atoms with Crippen molar-refractivity contribution in [1.29, 1.82) is 0 Å². The number of alkyl carbamates (subject to hydrolysis) is 1. The van der Waals surface area contributed by atoms with Crippen LogP contribution in [0.25, 0.3) is 0 Å². The molecule has 0 bridgehead atoms. The second-order valence-corrected chi connectivity index (χ2v) is 13.8. The number of methoxy groups -OCH3 is 1. The van der Waals surface area contributed by atoms with E-state index in [4.69, 9.17) is 0 Å². The summed E-state index contributed by atoms with van der Waals surface area (Å²) in [5, 5.41) is 10.8. The van der Waals surface area contributed by atoms with Gasteiger partial charge in [-0.2, -0.15) is 0 Å². The van der Waals surface area contributed by atoms with E-state index in [0.717, 1.165) is 32.0 Å². The number of likely N-dealkylation sites (tertiary alicyclic amines) is 1. The Labute approximate surface area is 249 Å². The van der Waals surface area contributed by atoms with Crippen molar-refractivity contribution in [3.8, 4) is 0 Å². The maximum absolute atomic E-state index is 14.2. The third kappa shape index (κ3) is 8.67. The van der Waals surface area contributed by atoms with E-state index < -0.39 is 58.9 Å². The second kappa shape index (κ2) is 14.3. The molecule has 0 aromatic rings. The smallest absolute Gasteiger partial charge is 0.407 e. The first-order valence-electron chi connectivity index (χ1n) is 15.0. The summed E-state index contributed by atoms with van der Waals surface area (Å²) in [4.78, 5) is 79.1. The van der Waals surface area contributed by atoms with Crippen molar-refractivity contribution in [2.75, 3.05) is 13.7 Å². The standard InChI is InChI=1S/C30H51N5O7/c1-10-12-19(16-36)32-25(38)21-20-14-11-13-18(20)15-35(21)27(40)23(30(6,7)8)34-26(39)22(29(3,4)5)33-24(37)17(2)31-28(41)42-9/h16-23H,10-15H2,1-9H3,(H,31,41)(H,32,38)(H,33,37)(H,34,39)/t17-,18+,19+,20+,21+,22?,23-/m1/s1. The molecule has 1 saturated carbocycles. The molecule has 2 aliphatic rings. The molecule has 5 amide bonds. The number of carbonyl (C=O) groups is 6. The maximum atomic E-state index is 14.2. The molecule has 1 aliphatic carbocycles. The number of rotatable bonds is 11. The number of carbonyl (C=O) groups excluding carboxylic acids is 6. The summed E-state index contributed by atoms with van der Waals surface area (Å²) < 4.78 is 4.55. The molecule has 12 nitrogen and oxygen atoms in total. The fraction of sp³-hybridized carbons (Fsp3) is 0.800. The third-order valence-corrected chi connectivity index (χ3v) is 8.26. The third-order valence-electron chi connectivity index (χ3n) is 8.26. The minimum atomic E-state index is -1.04. The molecule has 1 aliphatic heterocycles. The molecule has 12 heteroatoms. The number of amides is 5. The van der Waals surface area contributed by atoms with Crippen molar-refractivity contribution in [3.05, 3.63) is 0 Å². The molecule has 1 unspecified atom stereocenters. The van der Waals surface area contributed by atoms with Gasteiger partial charge >= 0.3 is 6.09 Å². The monoisotopic (exact) mass is 593 g/mol. The summed E-state index contributed by atoms with van der Waals surface area (Å²) in [5.74, 6) is -1.69. The van der Waals surface area contributed by atoms with Crippen LogP contribution < -0.4 is 21.3 Å². The molecule has 0 aromatic heterocycles. The van der Waals surface area contributed by atoms with Gasteiger partial charge in [0.2, 0.25) is 23.6 Å². The van der Waals surface area contributed by atoms with Gasteiger partial charge in [-0.1, -0.05) is 61.3 Å². The predicted octanol–water partition coefficient (Wildman–Crippen LogP) is 1.90. The number of hydrogen-bond donors (Lipinski definition) is 4. The molecule has 1 heterocycles. The fourth-order valence-corrected chi connectivity index (χ4v) is 5.91. The lowest BCUT2D eigenvalue weighted by molar-refractivity contribution is -0.146. The van der Waals surface area contributed by atoms with Crippen LogP contribution >= 0.6 is 0 Å². The van der Waals surface area contributed by atoms with E-state index in [2.05, 4.69) is 26.0 Å². The molecule has 238 valence electrons. The normalized spacial score (nSPS) is 23.1. The molecule has 4 N–H and O–H groups in total. The Bertz CT molecular complexity index is 1020. The number of hydrogen-bond acceptors (Lipinski definition) is 7. The van der Waals surface area contributed by atoms with Crippen molar-refractivity contribution >= 4 is 36.0 Å². The van der Waals surface area contributed by atoms with Crippen molar-refractivity contribution < 1.29 is 33.5 Å². The van der Waals surface area contributed by atoms with E-state index in [0.29, 0.717) is 13.0 Å². The minimum absolute atomic E-state index is 0.00962. The average Bonchev–Trinajstić information content (AvgIpc) is 3.49. The Kier molecular flexibility index (Phi) is 11.9. The molecular formula is C30H51N5O7. The van der Waals surface area contributed by atoms with E-state index in [1.165, 1.54) is 14.0 Å². The Morgan fingerprint density at radius 2 is 1.50 bits per heavy atom. The van der Waals surface area contributed by atoms with Crippen LogP contribution in [0.5, 0.6) is 0 Å². The highest BCUT2D eigenvalue weighted by molar-refractivity contribution is 5.96. The van der Waals surface area contributed by atoms with Crippen molar-refractivity contribution in [3.63, 3.8) is 0 Å². The van der Waals surface area contributed by atoms with Gasteiger partial charge in [-0.3, -0.25) is 19.2 Å². The first kappa shape index (κ1) is 35.0. The summed E-state index contributed by atoms with van der Waals surface area (Å²) in [6.45, 7) is 14.6. The SMILES string of the molecule is CCC[C@@H](C=O)NC(=O)[C@@H]1[C@H]2CCC[C@H]2CN1C(=O)[C@@H](NC(=O)C(NC(=O)[C@@H](C)NC(=O)OC)C(C)(C)C)C(C)(C)C. The number of ether oxygens (including phenoxy) is 1. The highest BCUT2D eigenvalue weighted by Gasteiger charge is 2.52. The molecule has 1 saturated heterocycles. The van der Waals surface area contributed by atoms with Crippen molar-refractivity contribution in [1.82, 2.24) is 26.2 Å². The minimum Gasteiger partial charge on any atom is -0.453 e. The van der Waals surface area contributed by atoms with Crippen LogP contribution in [0.4, 0.5) is 4.79 Å². The van der Waals surface area contributed by atoms with Crippen LogP contribution in [-0.4, -0.2) is 84.8 Å². The number of fused-ring (bicyclic) bond motifs is 1. The quantitative estimate of drug-likeness (QED) is 0.266. The number of nitrogens with zero attached hydrogens (tertiary/aromatic N) is 1. The van der Waals surface area contributed by atoms with Gasteiger partial charge in [0, 0.05) is 6.54 Å². The zero-order valence-electron chi connectivity index (χ0n) is 26.7. The van der Waals surface area contributed by atoms with Crippen molar-refractivity contribution in [2.45, 2.75) is 118 Å². The van der Waals surface area contributed by atoms with Crippen LogP contribution in [0.3, 0.4) is 0 Å². The summed E-state index contributed by atoms with van der Waals surface area (Å²) >= 11 is 0. The van der Waals surface area contributed by atoms with Crippen LogP contribution in [0, 0.1) is 22.7 Å². The van der Waals surface area contributed by atoms with Crippen LogP contribution in [0.2, 0.25) is 0 Å². The van der Waals surface area contributed by atoms with E-state index >= 15 is 0 Å². The van der Waals surface area contributed by atoms with Gasteiger partial charge in [-0.05, 0) is 48.9 Å². The highest BCUT2D eigenvalue weighted by atomic mass is 16.5. The fourth-order valence-electron chi connectivity index (χ4n) is 5.91. The van der Waals surface area contributed by atoms with E-state index in [1.807, 2.05) is 27.7 Å². The number of aldehydes is 1. The first-order chi connectivity index (χ1) is 19.5. The Hall–Kier alpha value is -3.18. The molecule has 42 heavy (non-hydrogen) atoms. The summed E-state index contributed by atoms with van der Waals surface area (Å²) in [6.07, 6.45) is 3.89. The van der Waals surface area contributed by atoms with Gasteiger partial charge in [0.25, 0.3) is 0 Å². The molecule has 7 atom stereocenters. The summed E-state index contributed by atoms with van der Waals surface area (Å²) in [5.41, 5.74) is -1.47. The summed E-state index contributed by atoms with van der Waals surface area (Å²) in [6, 6.07) is -4.35. The lowest BCUT2D eigenvalue weighted by Crippen LogP contribution is -2.63. The van der Waals surface area contributed by atoms with Gasteiger partial charge < -0.3 is 35.7 Å². The Balaban J connectivity index is 2.32. The largest absolute Gasteiger partial charge is 0.453 e. The first-order valence-corrected chi connectivity index (χ1v) is 15.0. The van der Waals surface area contributed by atoms with Gasteiger partial charge in [0.05, 0.1) is 13.2 Å². The molecule has 2 fully saturated rings. The second-order valence-electron chi connectivity index (χ2n) is 13.8. The van der Waals surface area contributed by atoms with Crippen LogP contribution in [-0.2, 0) is 28.7 Å². The van der Waals surface area contributed by atoms with E-state index in [-0.39, 0.29) is 23.7 Å².